The van der Waals surface area contributed by atoms with E-state index in [9.17, 15) is 0 Å². The summed E-state index contributed by atoms with van der Waals surface area (Å²) in [5.74, 6) is 0. The van der Waals surface area contributed by atoms with Crippen LogP contribution >= 0.6 is 0 Å². The van der Waals surface area contributed by atoms with Crippen molar-refractivity contribution in [3.8, 4) is 39.1 Å². The Kier molecular flexibility index (Phi) is 7.82. The van der Waals surface area contributed by atoms with E-state index in [1.807, 2.05) is 12.1 Å². The number of furan rings is 1. The van der Waals surface area contributed by atoms with E-state index in [4.69, 9.17) is 4.42 Å². The standard InChI is InChI=1S/C54H36N2O/c1-2-16-37(17-3-1)38-32-34-40(35-33-38)55(50-28-10-7-23-45(50)47-25-15-26-48-46-24-8-13-31-53(46)57-54(47)48)41-19-14-18-39(36-41)42-20-4-9-27-49(42)56-51-29-11-5-21-43(51)44-22-6-12-30-52(44)56/h1-36H. The predicted octanol–water partition coefficient (Wildman–Crippen LogP) is 15.2. The summed E-state index contributed by atoms with van der Waals surface area (Å²) < 4.78 is 9.03. The van der Waals surface area contributed by atoms with Crippen molar-refractivity contribution in [2.75, 3.05) is 4.90 Å². The minimum atomic E-state index is 0.888. The molecule has 268 valence electrons. The van der Waals surface area contributed by atoms with Gasteiger partial charge in [-0.05, 0) is 71.3 Å². The van der Waals surface area contributed by atoms with Gasteiger partial charge >= 0.3 is 0 Å². The van der Waals surface area contributed by atoms with Crippen LogP contribution in [0.3, 0.4) is 0 Å². The van der Waals surface area contributed by atoms with Crippen LogP contribution in [0.5, 0.6) is 0 Å². The lowest BCUT2D eigenvalue weighted by atomic mass is 9.98. The summed E-state index contributed by atoms with van der Waals surface area (Å²) in [7, 11) is 0. The third-order valence-corrected chi connectivity index (χ3v) is 11.2. The molecule has 0 N–H and O–H groups in total. The molecule has 0 aliphatic rings. The number of para-hydroxylation sites is 6. The van der Waals surface area contributed by atoms with E-state index in [1.165, 1.54) is 32.9 Å². The van der Waals surface area contributed by atoms with Gasteiger partial charge < -0.3 is 13.9 Å². The Hall–Kier alpha value is -7.62. The lowest BCUT2D eigenvalue weighted by Crippen LogP contribution is -2.11. The fraction of sp³-hybridized carbons (Fsp3) is 0. The van der Waals surface area contributed by atoms with Gasteiger partial charge in [-0.1, -0.05) is 164 Å². The molecule has 0 saturated heterocycles. The molecule has 0 unspecified atom stereocenters. The highest BCUT2D eigenvalue weighted by atomic mass is 16.3. The van der Waals surface area contributed by atoms with Gasteiger partial charge in [0.1, 0.15) is 11.2 Å². The molecular weight excluding hydrogens is 693 g/mol. The van der Waals surface area contributed by atoms with Crippen LogP contribution < -0.4 is 4.90 Å². The molecule has 0 amide bonds. The van der Waals surface area contributed by atoms with Crippen LogP contribution in [-0.4, -0.2) is 4.57 Å². The molecule has 0 spiro atoms. The Morgan fingerprint density at radius 2 is 0.912 bits per heavy atom. The van der Waals surface area contributed by atoms with Crippen LogP contribution in [-0.2, 0) is 0 Å². The Morgan fingerprint density at radius 1 is 0.351 bits per heavy atom. The highest BCUT2D eigenvalue weighted by molar-refractivity contribution is 6.11. The zero-order valence-electron chi connectivity index (χ0n) is 31.1. The zero-order chi connectivity index (χ0) is 37.7. The second-order valence-corrected chi connectivity index (χ2v) is 14.5. The zero-order valence-corrected chi connectivity index (χ0v) is 31.1. The van der Waals surface area contributed by atoms with Crippen LogP contribution in [0.4, 0.5) is 17.1 Å². The van der Waals surface area contributed by atoms with Gasteiger partial charge in [0, 0.05) is 49.6 Å². The largest absolute Gasteiger partial charge is 0.455 e. The van der Waals surface area contributed by atoms with Crippen LogP contribution in [0.1, 0.15) is 0 Å². The first-order chi connectivity index (χ1) is 28.3. The summed E-state index contributed by atoms with van der Waals surface area (Å²) in [6.45, 7) is 0. The first kappa shape index (κ1) is 32.8. The monoisotopic (exact) mass is 728 g/mol. The lowest BCUT2D eigenvalue weighted by Gasteiger charge is -2.28. The van der Waals surface area contributed by atoms with Crippen molar-refractivity contribution >= 4 is 60.8 Å². The molecule has 0 aliphatic heterocycles. The average molecular weight is 729 g/mol. The fourth-order valence-corrected chi connectivity index (χ4v) is 8.62. The second kappa shape index (κ2) is 13.6. The fourth-order valence-electron chi connectivity index (χ4n) is 8.62. The third-order valence-electron chi connectivity index (χ3n) is 11.2. The number of benzene rings is 9. The first-order valence-corrected chi connectivity index (χ1v) is 19.4. The van der Waals surface area contributed by atoms with Gasteiger partial charge in [0.2, 0.25) is 0 Å². The quantitative estimate of drug-likeness (QED) is 0.163. The molecular formula is C54H36N2O. The molecule has 0 radical (unpaired) electrons. The molecule has 3 nitrogen and oxygen atoms in total. The van der Waals surface area contributed by atoms with Gasteiger partial charge in [0.05, 0.1) is 22.4 Å². The van der Waals surface area contributed by atoms with Crippen molar-refractivity contribution in [1.82, 2.24) is 4.57 Å². The van der Waals surface area contributed by atoms with Gasteiger partial charge in [-0.25, -0.2) is 0 Å². The Morgan fingerprint density at radius 3 is 1.70 bits per heavy atom. The third kappa shape index (κ3) is 5.51. The molecule has 11 aromatic rings. The van der Waals surface area contributed by atoms with Gasteiger partial charge in [0.15, 0.2) is 0 Å². The van der Waals surface area contributed by atoms with Gasteiger partial charge in [0.25, 0.3) is 0 Å². The van der Waals surface area contributed by atoms with Crippen LogP contribution in [0.2, 0.25) is 0 Å². The summed E-state index contributed by atoms with van der Waals surface area (Å²) in [6.07, 6.45) is 0. The van der Waals surface area contributed by atoms with E-state index in [0.717, 1.165) is 66.9 Å². The van der Waals surface area contributed by atoms with E-state index < -0.39 is 0 Å². The predicted molar refractivity (Wildman–Crippen MR) is 239 cm³/mol. The number of rotatable bonds is 7. The number of anilines is 3. The smallest absolute Gasteiger partial charge is 0.143 e. The molecule has 11 rings (SSSR count). The Balaban J connectivity index is 1.11. The summed E-state index contributed by atoms with van der Waals surface area (Å²) >= 11 is 0. The van der Waals surface area contributed by atoms with Gasteiger partial charge in [-0.2, -0.15) is 0 Å². The van der Waals surface area contributed by atoms with Crippen molar-refractivity contribution in [2.45, 2.75) is 0 Å². The highest BCUT2D eigenvalue weighted by Crippen LogP contribution is 2.45. The van der Waals surface area contributed by atoms with E-state index in [0.29, 0.717) is 0 Å². The minimum absolute atomic E-state index is 0.888. The molecule has 0 fully saturated rings. The molecule has 9 aromatic carbocycles. The van der Waals surface area contributed by atoms with Crippen LogP contribution in [0.15, 0.2) is 223 Å². The number of hydrogen-bond donors (Lipinski definition) is 0. The summed E-state index contributed by atoms with van der Waals surface area (Å²) in [6, 6.07) is 78.1. The molecule has 57 heavy (non-hydrogen) atoms. The van der Waals surface area contributed by atoms with Crippen molar-refractivity contribution in [2.24, 2.45) is 0 Å². The number of aromatic nitrogens is 1. The van der Waals surface area contributed by atoms with E-state index in [-0.39, 0.29) is 0 Å². The van der Waals surface area contributed by atoms with Crippen molar-refractivity contribution < 1.29 is 4.42 Å². The summed E-state index contributed by atoms with van der Waals surface area (Å²) in [5, 5.41) is 4.73. The topological polar surface area (TPSA) is 21.3 Å². The van der Waals surface area contributed by atoms with Crippen LogP contribution in [0.25, 0.3) is 82.8 Å². The molecule has 0 bridgehead atoms. The average Bonchev–Trinajstić information content (AvgIpc) is 3.84. The van der Waals surface area contributed by atoms with Crippen molar-refractivity contribution in [1.29, 1.82) is 0 Å². The maximum Gasteiger partial charge on any atom is 0.143 e. The summed E-state index contributed by atoms with van der Waals surface area (Å²) in [5.41, 5.74) is 15.3. The Labute approximate surface area is 330 Å². The molecule has 0 saturated carbocycles. The maximum atomic E-state index is 6.61. The molecule has 0 atom stereocenters. The summed E-state index contributed by atoms with van der Waals surface area (Å²) in [4.78, 5) is 2.39. The number of fused-ring (bicyclic) bond motifs is 6. The minimum Gasteiger partial charge on any atom is -0.455 e. The van der Waals surface area contributed by atoms with Gasteiger partial charge in [-0.3, -0.25) is 0 Å². The van der Waals surface area contributed by atoms with E-state index >= 15 is 0 Å². The number of hydrogen-bond acceptors (Lipinski definition) is 2. The van der Waals surface area contributed by atoms with Crippen LogP contribution in [0, 0.1) is 0 Å². The SMILES string of the molecule is c1ccc(-c2ccc(N(c3cccc(-c4ccccc4-n4c5ccccc5c5ccccc54)c3)c3ccccc3-c3cccc4c3oc3ccccc34)cc2)cc1. The lowest BCUT2D eigenvalue weighted by molar-refractivity contribution is 0.670. The van der Waals surface area contributed by atoms with E-state index in [1.54, 1.807) is 0 Å². The molecule has 3 heteroatoms. The Bertz CT molecular complexity index is 3190. The van der Waals surface area contributed by atoms with Crippen molar-refractivity contribution in [3.63, 3.8) is 0 Å². The van der Waals surface area contributed by atoms with Gasteiger partial charge in [-0.15, -0.1) is 0 Å². The maximum absolute atomic E-state index is 6.61. The second-order valence-electron chi connectivity index (χ2n) is 14.5. The van der Waals surface area contributed by atoms with E-state index in [2.05, 4.69) is 216 Å². The molecule has 2 aromatic heterocycles. The first-order valence-electron chi connectivity index (χ1n) is 19.4. The molecule has 0 aliphatic carbocycles. The van der Waals surface area contributed by atoms with Crippen molar-refractivity contribution in [3.05, 3.63) is 218 Å². The number of nitrogens with zero attached hydrogens (tertiary/aromatic N) is 2. The highest BCUT2D eigenvalue weighted by Gasteiger charge is 2.22. The molecule has 2 heterocycles. The normalized spacial score (nSPS) is 11.5.